The minimum Gasteiger partial charge on any atom is -0.350 e. The van der Waals surface area contributed by atoms with Gasteiger partial charge in [-0.25, -0.2) is 5.43 Å². The van der Waals surface area contributed by atoms with Crippen LogP contribution in [-0.2, 0) is 0 Å². The van der Waals surface area contributed by atoms with Gasteiger partial charge in [-0.05, 0) is 19.1 Å². The predicted molar refractivity (Wildman–Crippen MR) is 81.4 cm³/mol. The van der Waals surface area contributed by atoms with Crippen molar-refractivity contribution in [2.45, 2.75) is 24.8 Å². The molecule has 0 aliphatic carbocycles. The van der Waals surface area contributed by atoms with Crippen molar-refractivity contribution in [3.63, 3.8) is 0 Å². The molecular weight excluding hydrogens is 272 g/mol. The van der Waals surface area contributed by atoms with Gasteiger partial charge in [-0.2, -0.15) is 10.5 Å². The van der Waals surface area contributed by atoms with Crippen molar-refractivity contribution in [3.05, 3.63) is 12.8 Å². The zero-order valence-electron chi connectivity index (χ0n) is 12.0. The summed E-state index contributed by atoms with van der Waals surface area (Å²) in [6.45, 7) is 5.35. The quantitative estimate of drug-likeness (QED) is 0.366. The molecule has 0 amide bonds. The van der Waals surface area contributed by atoms with E-state index in [-0.39, 0.29) is 5.54 Å². The van der Waals surface area contributed by atoms with Gasteiger partial charge < -0.3 is 9.91 Å². The van der Waals surface area contributed by atoms with Crippen molar-refractivity contribution in [2.75, 3.05) is 26.4 Å². The summed E-state index contributed by atoms with van der Waals surface area (Å²) in [5.74, 6) is 0. The maximum atomic E-state index is 9.11. The molecule has 1 aliphatic heterocycles. The third-order valence-corrected chi connectivity index (χ3v) is 4.35. The number of amidine groups is 1. The smallest absolute Gasteiger partial charge is 0.208 e. The molecule has 1 fully saturated rings. The molecule has 6 nitrogen and oxygen atoms in total. The first-order valence-electron chi connectivity index (χ1n) is 6.39. The fraction of sp³-hybridized carbons (Fsp3) is 0.615. The number of aliphatic imine (C=N–C) groups is 1. The molecule has 0 unspecified atom stereocenters. The Labute approximate surface area is 124 Å². The fourth-order valence-corrected chi connectivity index (χ4v) is 3.15. The largest absolute Gasteiger partial charge is 0.350 e. The van der Waals surface area contributed by atoms with E-state index < -0.39 is 0 Å². The average molecular weight is 292 g/mol. The summed E-state index contributed by atoms with van der Waals surface area (Å²) < 4.78 is 0. The third-order valence-electron chi connectivity index (χ3n) is 3.64. The summed E-state index contributed by atoms with van der Waals surface area (Å²) in [4.78, 5) is 5.94. The van der Waals surface area contributed by atoms with Crippen LogP contribution in [-0.4, -0.2) is 47.0 Å². The third kappa shape index (κ3) is 3.44. The van der Waals surface area contributed by atoms with E-state index in [1.807, 2.05) is 24.5 Å². The van der Waals surface area contributed by atoms with E-state index in [4.69, 9.17) is 10.5 Å². The lowest BCUT2D eigenvalue weighted by atomic mass is 9.84. The summed E-state index contributed by atoms with van der Waals surface area (Å²) in [5.41, 5.74) is 2.85. The number of hydrazine groups is 1. The standard InChI is InChI=1S/C13H20N6S/c1-4-19(16-2)13(5-8-14)6-9-18(10-7-13)12(20-3)17-11-15/h4,16H,1,5-7,9-10H2,2-3H3. The van der Waals surface area contributed by atoms with Crippen LogP contribution in [0.1, 0.15) is 19.3 Å². The van der Waals surface area contributed by atoms with Gasteiger partial charge >= 0.3 is 0 Å². The molecule has 1 rings (SSSR count). The maximum Gasteiger partial charge on any atom is 0.208 e. The summed E-state index contributed by atoms with van der Waals surface area (Å²) in [7, 11) is 1.83. The van der Waals surface area contributed by atoms with Crippen LogP contribution in [0.4, 0.5) is 0 Å². The first-order chi connectivity index (χ1) is 9.67. The predicted octanol–water partition coefficient (Wildman–Crippen LogP) is 1.51. The number of nitrogens with zero attached hydrogens (tertiary/aromatic N) is 5. The molecule has 1 saturated heterocycles. The van der Waals surface area contributed by atoms with Crippen molar-refractivity contribution in [2.24, 2.45) is 4.99 Å². The zero-order chi connectivity index (χ0) is 15.0. The molecule has 7 heteroatoms. The molecule has 108 valence electrons. The van der Waals surface area contributed by atoms with Crippen LogP contribution < -0.4 is 5.43 Å². The Hall–Kier alpha value is -1.70. The highest BCUT2D eigenvalue weighted by atomic mass is 32.2. The van der Waals surface area contributed by atoms with Crippen molar-refractivity contribution in [1.29, 1.82) is 10.5 Å². The fourth-order valence-electron chi connectivity index (χ4n) is 2.57. The lowest BCUT2D eigenvalue weighted by Gasteiger charge is -2.47. The first kappa shape index (κ1) is 16.4. The van der Waals surface area contributed by atoms with Gasteiger partial charge in [-0.15, -0.1) is 4.99 Å². The van der Waals surface area contributed by atoms with Gasteiger partial charge in [0, 0.05) is 26.3 Å². The molecule has 0 aromatic heterocycles. The minimum atomic E-state index is -0.238. The van der Waals surface area contributed by atoms with E-state index in [1.165, 1.54) is 11.8 Å². The number of thioether (sulfide) groups is 1. The molecular formula is C13H20N6S. The highest BCUT2D eigenvalue weighted by Gasteiger charge is 2.39. The van der Waals surface area contributed by atoms with E-state index in [2.05, 4.69) is 28.0 Å². The lowest BCUT2D eigenvalue weighted by Crippen LogP contribution is -2.57. The van der Waals surface area contributed by atoms with Crippen LogP contribution >= 0.6 is 11.8 Å². The molecule has 0 aromatic rings. The molecule has 1 N–H and O–H groups in total. The number of rotatable bonds is 4. The van der Waals surface area contributed by atoms with Crippen LogP contribution in [0.15, 0.2) is 17.8 Å². The Morgan fingerprint density at radius 3 is 2.60 bits per heavy atom. The topological polar surface area (TPSA) is 78.5 Å². The SMILES string of the molecule is C=CN(NC)C1(CC#N)CCN(C(=NC#N)SC)CC1. The number of hydrogen-bond acceptors (Lipinski definition) is 6. The van der Waals surface area contributed by atoms with Crippen LogP contribution in [0.2, 0.25) is 0 Å². The highest BCUT2D eigenvalue weighted by Crippen LogP contribution is 2.32. The van der Waals surface area contributed by atoms with Crippen molar-refractivity contribution >= 4 is 16.9 Å². The Bertz CT molecular complexity index is 439. The monoisotopic (exact) mass is 292 g/mol. The Morgan fingerprint density at radius 2 is 2.20 bits per heavy atom. The van der Waals surface area contributed by atoms with E-state index in [9.17, 15) is 0 Å². The summed E-state index contributed by atoms with van der Waals surface area (Å²) in [6, 6.07) is 2.27. The Kier molecular flexibility index (Phi) is 6.37. The van der Waals surface area contributed by atoms with E-state index in [0.717, 1.165) is 31.1 Å². The van der Waals surface area contributed by atoms with E-state index in [1.54, 1.807) is 6.20 Å². The van der Waals surface area contributed by atoms with Crippen LogP contribution in [0.3, 0.4) is 0 Å². The van der Waals surface area contributed by atoms with Gasteiger partial charge in [-0.1, -0.05) is 18.3 Å². The van der Waals surface area contributed by atoms with E-state index >= 15 is 0 Å². The van der Waals surface area contributed by atoms with Gasteiger partial charge in [0.15, 0.2) is 5.17 Å². The number of likely N-dealkylation sites (tertiary alicyclic amines) is 1. The van der Waals surface area contributed by atoms with E-state index in [0.29, 0.717) is 6.42 Å². The number of nitrogens with one attached hydrogen (secondary N) is 1. The van der Waals surface area contributed by atoms with Gasteiger partial charge in [0.1, 0.15) is 0 Å². The summed E-state index contributed by atoms with van der Waals surface area (Å²) in [6.07, 6.45) is 7.56. The van der Waals surface area contributed by atoms with Crippen molar-refractivity contribution in [3.8, 4) is 12.3 Å². The summed E-state index contributed by atoms with van der Waals surface area (Å²) >= 11 is 1.47. The number of piperidine rings is 1. The number of hydrogen-bond donors (Lipinski definition) is 1. The van der Waals surface area contributed by atoms with Crippen molar-refractivity contribution < 1.29 is 0 Å². The number of nitriles is 2. The van der Waals surface area contributed by atoms with Gasteiger partial charge in [-0.3, -0.25) is 0 Å². The van der Waals surface area contributed by atoms with Crippen LogP contribution in [0.5, 0.6) is 0 Å². The van der Waals surface area contributed by atoms with Crippen molar-refractivity contribution in [1.82, 2.24) is 15.3 Å². The molecule has 0 saturated carbocycles. The Balaban J connectivity index is 2.84. The summed E-state index contributed by atoms with van der Waals surface area (Å²) in [5, 5.41) is 20.5. The lowest BCUT2D eigenvalue weighted by molar-refractivity contribution is 0.0493. The second kappa shape index (κ2) is 7.78. The molecule has 0 radical (unpaired) electrons. The second-order valence-corrected chi connectivity index (χ2v) is 5.29. The minimum absolute atomic E-state index is 0.238. The normalized spacial score (nSPS) is 18.0. The molecule has 0 bridgehead atoms. The average Bonchev–Trinajstić information content (AvgIpc) is 2.47. The molecule has 1 heterocycles. The maximum absolute atomic E-state index is 9.11. The van der Waals surface area contributed by atoms with Gasteiger partial charge in [0.2, 0.25) is 6.19 Å². The molecule has 0 aromatic carbocycles. The first-order valence-corrected chi connectivity index (χ1v) is 7.62. The van der Waals surface area contributed by atoms with Crippen LogP contribution in [0, 0.1) is 22.8 Å². The highest BCUT2D eigenvalue weighted by molar-refractivity contribution is 8.13. The molecule has 20 heavy (non-hydrogen) atoms. The molecule has 0 atom stereocenters. The van der Waals surface area contributed by atoms with Gasteiger partial charge in [0.05, 0.1) is 18.0 Å². The van der Waals surface area contributed by atoms with Crippen LogP contribution in [0.25, 0.3) is 0 Å². The van der Waals surface area contributed by atoms with Gasteiger partial charge in [0.25, 0.3) is 0 Å². The molecule has 1 aliphatic rings. The Morgan fingerprint density at radius 1 is 1.55 bits per heavy atom. The molecule has 0 spiro atoms. The zero-order valence-corrected chi connectivity index (χ0v) is 12.8. The second-order valence-electron chi connectivity index (χ2n) is 4.52.